The Morgan fingerprint density at radius 3 is 2.30 bits per heavy atom. The molecule has 0 spiro atoms. The number of amides is 1. The van der Waals surface area contributed by atoms with Gasteiger partial charge in [-0.1, -0.05) is 29.8 Å². The van der Waals surface area contributed by atoms with E-state index in [-0.39, 0.29) is 4.90 Å². The number of carbonyl (C=O) groups excluding carboxylic acids is 1. The Bertz CT molecular complexity index is 804. The molecule has 2 N–H and O–H groups in total. The molecule has 2 aromatic rings. The van der Waals surface area contributed by atoms with Crippen LogP contribution in [0, 0.1) is 6.92 Å². The molecule has 0 saturated heterocycles. The molecule has 0 fully saturated rings. The number of hydrogen-bond acceptors (Lipinski definition) is 3. The molecule has 0 unspecified atom stereocenters. The van der Waals surface area contributed by atoms with Gasteiger partial charge in [-0.05, 0) is 49.7 Å². The molecular formula is C16H17ClN2O3S. The highest BCUT2D eigenvalue weighted by Crippen LogP contribution is 2.16. The number of benzene rings is 2. The predicted octanol–water partition coefficient (Wildman–Crippen LogP) is 2.95. The van der Waals surface area contributed by atoms with E-state index >= 15 is 0 Å². The minimum atomic E-state index is -3.79. The van der Waals surface area contributed by atoms with Crippen LogP contribution in [-0.4, -0.2) is 20.4 Å². The summed E-state index contributed by atoms with van der Waals surface area (Å²) in [5.41, 5.74) is 1.55. The van der Waals surface area contributed by atoms with Gasteiger partial charge in [-0.25, -0.2) is 8.42 Å². The summed E-state index contributed by atoms with van der Waals surface area (Å²) in [5, 5.41) is 3.15. The Labute approximate surface area is 140 Å². The highest BCUT2D eigenvalue weighted by Gasteiger charge is 2.22. The molecule has 0 aliphatic rings. The highest BCUT2D eigenvalue weighted by molar-refractivity contribution is 7.89. The molecular weight excluding hydrogens is 336 g/mol. The van der Waals surface area contributed by atoms with E-state index in [1.54, 1.807) is 12.1 Å². The fourth-order valence-corrected chi connectivity index (χ4v) is 3.25. The fourth-order valence-electron chi connectivity index (χ4n) is 1.92. The molecule has 0 heterocycles. The lowest BCUT2D eigenvalue weighted by Crippen LogP contribution is -2.41. The Kier molecular flexibility index (Phi) is 5.41. The van der Waals surface area contributed by atoms with E-state index in [2.05, 4.69) is 10.0 Å². The average Bonchev–Trinajstić information content (AvgIpc) is 2.49. The van der Waals surface area contributed by atoms with Crippen molar-refractivity contribution in [3.05, 3.63) is 59.1 Å². The number of aryl methyl sites for hydroxylation is 1. The molecule has 122 valence electrons. The lowest BCUT2D eigenvalue weighted by atomic mass is 10.2. The van der Waals surface area contributed by atoms with Gasteiger partial charge in [0.25, 0.3) is 0 Å². The number of sulfonamides is 1. The van der Waals surface area contributed by atoms with Crippen molar-refractivity contribution in [2.75, 3.05) is 5.32 Å². The topological polar surface area (TPSA) is 75.3 Å². The first kappa shape index (κ1) is 17.5. The third-order valence-electron chi connectivity index (χ3n) is 3.25. The highest BCUT2D eigenvalue weighted by atomic mass is 35.5. The Morgan fingerprint density at radius 1 is 1.09 bits per heavy atom. The van der Waals surface area contributed by atoms with Crippen LogP contribution in [0.1, 0.15) is 12.5 Å². The summed E-state index contributed by atoms with van der Waals surface area (Å²) in [7, 11) is -3.79. The predicted molar refractivity (Wildman–Crippen MR) is 91.0 cm³/mol. The van der Waals surface area contributed by atoms with Gasteiger partial charge >= 0.3 is 0 Å². The SMILES string of the molecule is Cc1ccccc1NC(=O)[C@H](C)NS(=O)(=O)c1ccc(Cl)cc1. The Hall–Kier alpha value is -1.89. The van der Waals surface area contributed by atoms with Crippen molar-refractivity contribution in [2.24, 2.45) is 0 Å². The smallest absolute Gasteiger partial charge is 0.242 e. The van der Waals surface area contributed by atoms with Gasteiger partial charge in [0.05, 0.1) is 10.9 Å². The molecule has 23 heavy (non-hydrogen) atoms. The maximum absolute atomic E-state index is 12.2. The number of carbonyl (C=O) groups is 1. The monoisotopic (exact) mass is 352 g/mol. The molecule has 2 aromatic carbocycles. The quantitative estimate of drug-likeness (QED) is 0.868. The molecule has 0 aromatic heterocycles. The molecule has 0 aliphatic heterocycles. The lowest BCUT2D eigenvalue weighted by Gasteiger charge is -2.15. The number of halogens is 1. The van der Waals surface area contributed by atoms with E-state index in [0.29, 0.717) is 10.7 Å². The number of para-hydroxylation sites is 1. The first-order valence-electron chi connectivity index (χ1n) is 6.94. The van der Waals surface area contributed by atoms with E-state index < -0.39 is 22.0 Å². The molecule has 7 heteroatoms. The molecule has 0 bridgehead atoms. The lowest BCUT2D eigenvalue weighted by molar-refractivity contribution is -0.117. The second-order valence-electron chi connectivity index (χ2n) is 5.10. The fraction of sp³-hybridized carbons (Fsp3) is 0.188. The van der Waals surface area contributed by atoms with Crippen molar-refractivity contribution in [3.63, 3.8) is 0 Å². The van der Waals surface area contributed by atoms with Crippen molar-refractivity contribution >= 4 is 33.2 Å². The van der Waals surface area contributed by atoms with Gasteiger partial charge < -0.3 is 5.32 Å². The van der Waals surface area contributed by atoms with Crippen molar-refractivity contribution in [2.45, 2.75) is 24.8 Å². The van der Waals surface area contributed by atoms with Crippen LogP contribution in [0.2, 0.25) is 5.02 Å². The zero-order valence-corrected chi connectivity index (χ0v) is 14.3. The van der Waals surface area contributed by atoms with Gasteiger partial charge in [0.1, 0.15) is 0 Å². The first-order valence-corrected chi connectivity index (χ1v) is 8.80. The summed E-state index contributed by atoms with van der Waals surface area (Å²) < 4.78 is 26.8. The maximum Gasteiger partial charge on any atom is 0.242 e. The Morgan fingerprint density at radius 2 is 1.70 bits per heavy atom. The number of hydrogen-bond donors (Lipinski definition) is 2. The number of nitrogens with one attached hydrogen (secondary N) is 2. The summed E-state index contributed by atoms with van der Waals surface area (Å²) >= 11 is 5.74. The minimum Gasteiger partial charge on any atom is -0.324 e. The van der Waals surface area contributed by atoms with Crippen molar-refractivity contribution < 1.29 is 13.2 Å². The van der Waals surface area contributed by atoms with Gasteiger partial charge in [0.15, 0.2) is 0 Å². The summed E-state index contributed by atoms with van der Waals surface area (Å²) in [4.78, 5) is 12.2. The average molecular weight is 353 g/mol. The number of anilines is 1. The van der Waals surface area contributed by atoms with Gasteiger partial charge in [0, 0.05) is 10.7 Å². The first-order chi connectivity index (χ1) is 10.8. The molecule has 0 saturated carbocycles. The maximum atomic E-state index is 12.2. The van der Waals surface area contributed by atoms with E-state index in [1.807, 2.05) is 19.1 Å². The van der Waals surface area contributed by atoms with Crippen LogP contribution in [0.3, 0.4) is 0 Å². The summed E-state index contributed by atoms with van der Waals surface area (Å²) in [6.45, 7) is 3.35. The van der Waals surface area contributed by atoms with Crippen LogP contribution in [-0.2, 0) is 14.8 Å². The zero-order chi connectivity index (χ0) is 17.0. The molecule has 1 amide bonds. The molecule has 5 nitrogen and oxygen atoms in total. The zero-order valence-electron chi connectivity index (χ0n) is 12.7. The van der Waals surface area contributed by atoms with Crippen LogP contribution >= 0.6 is 11.6 Å². The molecule has 2 rings (SSSR count). The van der Waals surface area contributed by atoms with Crippen molar-refractivity contribution in [1.82, 2.24) is 4.72 Å². The summed E-state index contributed by atoms with van der Waals surface area (Å²) in [6.07, 6.45) is 0. The van der Waals surface area contributed by atoms with E-state index in [0.717, 1.165) is 5.56 Å². The summed E-state index contributed by atoms with van der Waals surface area (Å²) in [5.74, 6) is -0.433. The van der Waals surface area contributed by atoms with Crippen LogP contribution in [0.4, 0.5) is 5.69 Å². The third kappa shape index (κ3) is 4.54. The van der Waals surface area contributed by atoms with Crippen LogP contribution in [0.25, 0.3) is 0 Å². The van der Waals surface area contributed by atoms with Gasteiger partial charge in [-0.2, -0.15) is 4.72 Å². The molecule has 0 aliphatic carbocycles. The van der Waals surface area contributed by atoms with Gasteiger partial charge in [-0.15, -0.1) is 0 Å². The minimum absolute atomic E-state index is 0.0532. The third-order valence-corrected chi connectivity index (χ3v) is 5.06. The normalized spacial score (nSPS) is 12.7. The standard InChI is InChI=1S/C16H17ClN2O3S/c1-11-5-3-4-6-15(11)18-16(20)12(2)19-23(21,22)14-9-7-13(17)8-10-14/h3-10,12,19H,1-2H3,(H,18,20)/t12-/m0/s1. The van der Waals surface area contributed by atoms with Gasteiger partial charge in [-0.3, -0.25) is 4.79 Å². The molecule has 1 atom stereocenters. The van der Waals surface area contributed by atoms with E-state index in [4.69, 9.17) is 11.6 Å². The Balaban J connectivity index is 2.08. The second-order valence-corrected chi connectivity index (χ2v) is 7.25. The van der Waals surface area contributed by atoms with Crippen molar-refractivity contribution in [3.8, 4) is 0 Å². The van der Waals surface area contributed by atoms with E-state index in [1.165, 1.54) is 31.2 Å². The summed E-state index contributed by atoms with van der Waals surface area (Å²) in [6, 6.07) is 12.1. The molecule has 0 radical (unpaired) electrons. The largest absolute Gasteiger partial charge is 0.324 e. The second kappa shape index (κ2) is 7.12. The van der Waals surface area contributed by atoms with Crippen LogP contribution < -0.4 is 10.0 Å². The van der Waals surface area contributed by atoms with Crippen molar-refractivity contribution in [1.29, 1.82) is 0 Å². The van der Waals surface area contributed by atoms with Crippen LogP contribution in [0.5, 0.6) is 0 Å². The van der Waals surface area contributed by atoms with Gasteiger partial charge in [0.2, 0.25) is 15.9 Å². The number of rotatable bonds is 5. The van der Waals surface area contributed by atoms with Crippen LogP contribution in [0.15, 0.2) is 53.4 Å². The van der Waals surface area contributed by atoms with E-state index in [9.17, 15) is 13.2 Å².